The third-order valence-corrected chi connectivity index (χ3v) is 4.02. The van der Waals surface area contributed by atoms with Gasteiger partial charge in [-0.2, -0.15) is 5.10 Å². The van der Waals surface area contributed by atoms with Crippen LogP contribution in [0.25, 0.3) is 0 Å². The maximum atomic E-state index is 12.1. The molecule has 1 N–H and O–H groups in total. The number of ether oxygens (including phenoxy) is 2. The van der Waals surface area contributed by atoms with Crippen LogP contribution in [-0.2, 0) is 0 Å². The molecule has 0 aliphatic rings. The fourth-order valence-electron chi connectivity index (χ4n) is 2.17. The van der Waals surface area contributed by atoms with Crippen molar-refractivity contribution in [3.8, 4) is 11.5 Å². The molecule has 142 valence electrons. The van der Waals surface area contributed by atoms with Crippen molar-refractivity contribution in [2.45, 2.75) is 0 Å². The molecule has 1 aromatic heterocycles. The molecule has 1 heterocycles. The van der Waals surface area contributed by atoms with Crippen LogP contribution in [0.1, 0.15) is 26.5 Å². The lowest BCUT2D eigenvalue weighted by Crippen LogP contribution is -2.16. The zero-order valence-corrected chi connectivity index (χ0v) is 16.3. The SMILES string of the molecule is COc1ccc(C(=O)Oc2ccc(/C=N/NC(=O)c3ccc(Br)o3)cc2)cc1. The Bertz CT molecular complexity index is 994. The normalized spacial score (nSPS) is 10.6. The maximum Gasteiger partial charge on any atom is 0.343 e. The topological polar surface area (TPSA) is 90.1 Å². The molecule has 0 fully saturated rings. The van der Waals surface area contributed by atoms with Gasteiger partial charge in [-0.25, -0.2) is 10.2 Å². The lowest BCUT2D eigenvalue weighted by atomic mass is 10.2. The number of benzene rings is 2. The highest BCUT2D eigenvalue weighted by Crippen LogP contribution is 2.16. The Kier molecular flexibility index (Phi) is 6.23. The van der Waals surface area contributed by atoms with Gasteiger partial charge in [0.25, 0.3) is 0 Å². The van der Waals surface area contributed by atoms with Gasteiger partial charge in [0.2, 0.25) is 0 Å². The first-order valence-electron chi connectivity index (χ1n) is 8.10. The van der Waals surface area contributed by atoms with Crippen LogP contribution in [0, 0.1) is 0 Å². The minimum absolute atomic E-state index is 0.143. The molecule has 1 amide bonds. The molecule has 8 heteroatoms. The lowest BCUT2D eigenvalue weighted by molar-refractivity contribution is 0.0734. The highest BCUT2D eigenvalue weighted by Gasteiger charge is 2.10. The zero-order valence-electron chi connectivity index (χ0n) is 14.7. The van der Waals surface area contributed by atoms with Crippen molar-refractivity contribution >= 4 is 34.0 Å². The van der Waals surface area contributed by atoms with Gasteiger partial charge in [-0.05, 0) is 82.2 Å². The van der Waals surface area contributed by atoms with E-state index in [0.717, 1.165) is 0 Å². The fourth-order valence-corrected chi connectivity index (χ4v) is 2.48. The Balaban J connectivity index is 1.55. The van der Waals surface area contributed by atoms with Crippen LogP contribution in [0.2, 0.25) is 0 Å². The maximum absolute atomic E-state index is 12.1. The number of nitrogens with one attached hydrogen (secondary N) is 1. The van der Waals surface area contributed by atoms with E-state index in [1.54, 1.807) is 61.7 Å². The Labute approximate surface area is 169 Å². The first-order chi connectivity index (χ1) is 13.5. The van der Waals surface area contributed by atoms with Crippen LogP contribution >= 0.6 is 15.9 Å². The number of nitrogens with zero attached hydrogens (tertiary/aromatic N) is 1. The van der Waals surface area contributed by atoms with Crippen molar-refractivity contribution < 1.29 is 23.5 Å². The molecule has 0 atom stereocenters. The second kappa shape index (κ2) is 9.01. The molecule has 0 radical (unpaired) electrons. The number of amides is 1. The molecule has 28 heavy (non-hydrogen) atoms. The highest BCUT2D eigenvalue weighted by atomic mass is 79.9. The molecular formula is C20H15BrN2O5. The van der Waals surface area contributed by atoms with Gasteiger partial charge in [0, 0.05) is 0 Å². The summed E-state index contributed by atoms with van der Waals surface area (Å²) in [7, 11) is 1.56. The van der Waals surface area contributed by atoms with E-state index in [1.165, 1.54) is 12.3 Å². The van der Waals surface area contributed by atoms with E-state index >= 15 is 0 Å². The van der Waals surface area contributed by atoms with Crippen molar-refractivity contribution in [2.24, 2.45) is 5.10 Å². The molecule has 0 saturated carbocycles. The van der Waals surface area contributed by atoms with Crippen molar-refractivity contribution in [3.63, 3.8) is 0 Å². The number of hydrogen-bond acceptors (Lipinski definition) is 6. The van der Waals surface area contributed by atoms with Crippen LogP contribution in [0.15, 0.2) is 74.9 Å². The fraction of sp³-hybridized carbons (Fsp3) is 0.0500. The number of esters is 1. The first kappa shape index (κ1) is 19.4. The van der Waals surface area contributed by atoms with E-state index in [2.05, 4.69) is 26.5 Å². The Morgan fingerprint density at radius 2 is 1.68 bits per heavy atom. The van der Waals surface area contributed by atoms with Crippen LogP contribution < -0.4 is 14.9 Å². The van der Waals surface area contributed by atoms with Gasteiger partial charge in [-0.3, -0.25) is 4.79 Å². The number of carbonyl (C=O) groups excluding carboxylic acids is 2. The van der Waals surface area contributed by atoms with Gasteiger partial charge in [0.05, 0.1) is 18.9 Å². The Morgan fingerprint density at radius 3 is 2.29 bits per heavy atom. The zero-order chi connectivity index (χ0) is 19.9. The van der Waals surface area contributed by atoms with Gasteiger partial charge < -0.3 is 13.9 Å². The van der Waals surface area contributed by atoms with Gasteiger partial charge in [-0.1, -0.05) is 0 Å². The molecule has 0 bridgehead atoms. The second-order valence-electron chi connectivity index (χ2n) is 5.49. The molecule has 2 aromatic carbocycles. The summed E-state index contributed by atoms with van der Waals surface area (Å²) >= 11 is 3.12. The summed E-state index contributed by atoms with van der Waals surface area (Å²) in [5.74, 6) is 0.257. The van der Waals surface area contributed by atoms with Gasteiger partial charge in [0.15, 0.2) is 10.4 Å². The van der Waals surface area contributed by atoms with Crippen molar-refractivity contribution in [3.05, 3.63) is 82.2 Å². The van der Waals surface area contributed by atoms with Crippen molar-refractivity contribution in [2.75, 3.05) is 7.11 Å². The number of halogens is 1. The Morgan fingerprint density at radius 1 is 1.00 bits per heavy atom. The predicted molar refractivity (Wildman–Crippen MR) is 106 cm³/mol. The van der Waals surface area contributed by atoms with Gasteiger partial charge in [0.1, 0.15) is 11.5 Å². The number of methoxy groups -OCH3 is 1. The Hall–Kier alpha value is -3.39. The summed E-state index contributed by atoms with van der Waals surface area (Å²) < 4.78 is 16.0. The third-order valence-electron chi connectivity index (χ3n) is 3.59. The summed E-state index contributed by atoms with van der Waals surface area (Å²) in [6.07, 6.45) is 1.46. The number of hydrogen-bond donors (Lipinski definition) is 1. The molecule has 0 aliphatic heterocycles. The van der Waals surface area contributed by atoms with Gasteiger partial charge >= 0.3 is 11.9 Å². The highest BCUT2D eigenvalue weighted by molar-refractivity contribution is 9.10. The summed E-state index contributed by atoms with van der Waals surface area (Å²) in [6, 6.07) is 16.4. The van der Waals surface area contributed by atoms with E-state index < -0.39 is 11.9 Å². The van der Waals surface area contributed by atoms with E-state index in [-0.39, 0.29) is 5.76 Å². The molecule has 0 aliphatic carbocycles. The number of rotatable bonds is 6. The van der Waals surface area contributed by atoms with Crippen molar-refractivity contribution in [1.29, 1.82) is 0 Å². The summed E-state index contributed by atoms with van der Waals surface area (Å²) in [4.78, 5) is 23.9. The number of carbonyl (C=O) groups is 2. The molecule has 7 nitrogen and oxygen atoms in total. The minimum atomic E-state index is -0.471. The number of hydrazone groups is 1. The van der Waals surface area contributed by atoms with Crippen LogP contribution in [0.3, 0.4) is 0 Å². The average molecular weight is 443 g/mol. The van der Waals surface area contributed by atoms with Crippen LogP contribution in [0.5, 0.6) is 11.5 Å². The van der Waals surface area contributed by atoms with Crippen LogP contribution in [-0.4, -0.2) is 25.2 Å². The third kappa shape index (κ3) is 5.08. The summed E-state index contributed by atoms with van der Waals surface area (Å²) in [6.45, 7) is 0. The quantitative estimate of drug-likeness (QED) is 0.269. The minimum Gasteiger partial charge on any atom is -0.497 e. The molecular weight excluding hydrogens is 428 g/mol. The second-order valence-corrected chi connectivity index (χ2v) is 6.27. The molecule has 0 unspecified atom stereocenters. The number of furan rings is 1. The first-order valence-corrected chi connectivity index (χ1v) is 8.89. The molecule has 3 rings (SSSR count). The summed E-state index contributed by atoms with van der Waals surface area (Å²) in [5, 5.41) is 3.86. The van der Waals surface area contributed by atoms with Gasteiger partial charge in [-0.15, -0.1) is 0 Å². The van der Waals surface area contributed by atoms with E-state index in [0.29, 0.717) is 27.3 Å². The molecule has 0 spiro atoms. The van der Waals surface area contributed by atoms with E-state index in [1.807, 2.05) is 0 Å². The standard InChI is InChI=1S/C20H15BrN2O5/c1-26-15-8-4-14(5-9-15)20(25)27-16-6-2-13(3-7-16)12-22-23-19(24)17-10-11-18(21)28-17/h2-12H,1H3,(H,23,24)/b22-12+. The molecule has 3 aromatic rings. The van der Waals surface area contributed by atoms with E-state index in [9.17, 15) is 9.59 Å². The summed E-state index contributed by atoms with van der Waals surface area (Å²) in [5.41, 5.74) is 3.49. The monoisotopic (exact) mass is 442 g/mol. The largest absolute Gasteiger partial charge is 0.497 e. The lowest BCUT2D eigenvalue weighted by Gasteiger charge is -2.05. The van der Waals surface area contributed by atoms with Crippen LogP contribution in [0.4, 0.5) is 0 Å². The van der Waals surface area contributed by atoms with E-state index in [4.69, 9.17) is 13.9 Å². The smallest absolute Gasteiger partial charge is 0.343 e. The molecule has 0 saturated heterocycles. The van der Waals surface area contributed by atoms with Crippen molar-refractivity contribution in [1.82, 2.24) is 5.43 Å². The average Bonchev–Trinajstić information content (AvgIpc) is 3.16. The predicted octanol–water partition coefficient (Wildman–Crippen LogP) is 4.03.